The zero-order valence-corrected chi connectivity index (χ0v) is 16.4. The highest BCUT2D eigenvalue weighted by atomic mass is 16.2. The number of carbonyl (C=O) groups is 3. The summed E-state index contributed by atoms with van der Waals surface area (Å²) >= 11 is 0. The molecule has 2 unspecified atom stereocenters. The molecular formula is C21H29N3O3. The van der Waals surface area contributed by atoms with E-state index in [0.29, 0.717) is 6.54 Å². The maximum absolute atomic E-state index is 13.0. The molecular weight excluding hydrogens is 342 g/mol. The molecule has 6 nitrogen and oxygen atoms in total. The molecule has 2 fully saturated rings. The first kappa shape index (κ1) is 19.5. The van der Waals surface area contributed by atoms with E-state index in [9.17, 15) is 14.4 Å². The van der Waals surface area contributed by atoms with Crippen molar-refractivity contribution in [3.8, 4) is 0 Å². The van der Waals surface area contributed by atoms with E-state index in [1.54, 1.807) is 0 Å². The maximum Gasteiger partial charge on any atom is 0.335 e. The first-order chi connectivity index (χ1) is 12.9. The van der Waals surface area contributed by atoms with Gasteiger partial charge in [-0.15, -0.1) is 0 Å². The number of hydrogen-bond acceptors (Lipinski definition) is 4. The number of hydrogen-bond donors (Lipinski definition) is 0. The first-order valence-corrected chi connectivity index (χ1v) is 9.87. The third kappa shape index (κ3) is 4.05. The molecule has 1 aliphatic heterocycles. The van der Waals surface area contributed by atoms with Crippen LogP contribution in [0.4, 0.5) is 4.79 Å². The molecule has 2 aliphatic rings. The number of nitrogens with zero attached hydrogens (tertiary/aromatic N) is 3. The fourth-order valence-corrected chi connectivity index (χ4v) is 4.02. The maximum atomic E-state index is 13.0. The van der Waals surface area contributed by atoms with Gasteiger partial charge >= 0.3 is 17.8 Å². The van der Waals surface area contributed by atoms with Gasteiger partial charge in [0.25, 0.3) is 0 Å². The van der Waals surface area contributed by atoms with Crippen LogP contribution in [0.3, 0.4) is 0 Å². The standard InChI is InChI=1S/C21H29N3O3/c1-15(2)22(13-17-10-5-4-6-11-17)14-23-19(25)20(26)24(21(23)27)18-12-8-7-9-16(18)3/h4-6,10-11,15-16,18H,7-9,12-14H2,1-3H3. The average molecular weight is 371 g/mol. The van der Waals surface area contributed by atoms with Crippen molar-refractivity contribution in [2.24, 2.45) is 5.92 Å². The fourth-order valence-electron chi connectivity index (χ4n) is 4.02. The highest BCUT2D eigenvalue weighted by Gasteiger charge is 2.49. The molecule has 1 saturated carbocycles. The van der Waals surface area contributed by atoms with Crippen LogP contribution in [-0.2, 0) is 16.1 Å². The van der Waals surface area contributed by atoms with Gasteiger partial charge in [0, 0.05) is 18.6 Å². The van der Waals surface area contributed by atoms with E-state index in [-0.39, 0.29) is 24.7 Å². The smallest absolute Gasteiger partial charge is 0.279 e. The summed E-state index contributed by atoms with van der Waals surface area (Å²) in [4.78, 5) is 42.5. The van der Waals surface area contributed by atoms with Gasteiger partial charge in [0.1, 0.15) is 0 Å². The van der Waals surface area contributed by atoms with Gasteiger partial charge in [-0.2, -0.15) is 0 Å². The molecule has 0 bridgehead atoms. The topological polar surface area (TPSA) is 60.9 Å². The van der Waals surface area contributed by atoms with Crippen molar-refractivity contribution in [2.45, 2.75) is 65.1 Å². The van der Waals surface area contributed by atoms with Crippen molar-refractivity contribution in [2.75, 3.05) is 6.67 Å². The molecule has 1 aromatic rings. The minimum Gasteiger partial charge on any atom is -0.279 e. The van der Waals surface area contributed by atoms with Crippen LogP contribution >= 0.6 is 0 Å². The second kappa shape index (κ2) is 8.21. The summed E-state index contributed by atoms with van der Waals surface area (Å²) < 4.78 is 0. The summed E-state index contributed by atoms with van der Waals surface area (Å²) in [5, 5.41) is 0. The lowest BCUT2D eigenvalue weighted by molar-refractivity contribution is -0.145. The Hall–Kier alpha value is -2.21. The average Bonchev–Trinajstić information content (AvgIpc) is 2.86. The van der Waals surface area contributed by atoms with Crippen molar-refractivity contribution in [3.63, 3.8) is 0 Å². The van der Waals surface area contributed by atoms with Gasteiger partial charge in [-0.25, -0.2) is 9.69 Å². The van der Waals surface area contributed by atoms with E-state index >= 15 is 0 Å². The molecule has 4 amide bonds. The Morgan fingerprint density at radius 1 is 1.04 bits per heavy atom. The predicted molar refractivity (Wildman–Crippen MR) is 102 cm³/mol. The summed E-state index contributed by atoms with van der Waals surface area (Å²) in [6, 6.07) is 9.44. The third-order valence-electron chi connectivity index (χ3n) is 5.76. The Morgan fingerprint density at radius 3 is 2.33 bits per heavy atom. The summed E-state index contributed by atoms with van der Waals surface area (Å²) in [5.41, 5.74) is 1.11. The molecule has 3 rings (SSSR count). The molecule has 1 saturated heterocycles. The lowest BCUT2D eigenvalue weighted by atomic mass is 9.85. The Morgan fingerprint density at radius 2 is 1.70 bits per heavy atom. The van der Waals surface area contributed by atoms with Crippen LogP contribution in [-0.4, -0.2) is 51.3 Å². The monoisotopic (exact) mass is 371 g/mol. The van der Waals surface area contributed by atoms with Crippen molar-refractivity contribution in [3.05, 3.63) is 35.9 Å². The fraction of sp³-hybridized carbons (Fsp3) is 0.571. The predicted octanol–water partition coefficient (Wildman–Crippen LogP) is 3.22. The molecule has 1 aliphatic carbocycles. The molecule has 146 valence electrons. The van der Waals surface area contributed by atoms with E-state index in [0.717, 1.165) is 36.1 Å². The number of rotatable bonds is 6. The molecule has 1 heterocycles. The lowest BCUT2D eigenvalue weighted by Crippen LogP contribution is -2.48. The Labute approximate surface area is 161 Å². The van der Waals surface area contributed by atoms with Crippen molar-refractivity contribution in [1.82, 2.24) is 14.7 Å². The minimum atomic E-state index is -0.698. The molecule has 0 radical (unpaired) electrons. The van der Waals surface area contributed by atoms with E-state index in [2.05, 4.69) is 6.92 Å². The molecule has 6 heteroatoms. The number of carbonyl (C=O) groups excluding carboxylic acids is 3. The van der Waals surface area contributed by atoms with Gasteiger partial charge in [-0.3, -0.25) is 19.4 Å². The van der Waals surface area contributed by atoms with Gasteiger partial charge in [-0.05, 0) is 38.2 Å². The SMILES string of the molecule is CC1CCCCC1N1C(=O)C(=O)N(CN(Cc2ccccc2)C(C)C)C1=O. The van der Waals surface area contributed by atoms with Crippen molar-refractivity contribution >= 4 is 17.8 Å². The van der Waals surface area contributed by atoms with Crippen LogP contribution in [0.15, 0.2) is 30.3 Å². The van der Waals surface area contributed by atoms with Crippen LogP contribution in [0.1, 0.15) is 52.0 Å². The van der Waals surface area contributed by atoms with Crippen LogP contribution in [0.5, 0.6) is 0 Å². The normalized spacial score (nSPS) is 23.8. The van der Waals surface area contributed by atoms with Crippen LogP contribution in [0, 0.1) is 5.92 Å². The van der Waals surface area contributed by atoms with Gasteiger partial charge in [0.15, 0.2) is 0 Å². The van der Waals surface area contributed by atoms with Gasteiger partial charge in [0.2, 0.25) is 0 Å². The van der Waals surface area contributed by atoms with Gasteiger partial charge in [-0.1, -0.05) is 50.1 Å². The molecule has 0 N–H and O–H groups in total. The van der Waals surface area contributed by atoms with Gasteiger partial charge < -0.3 is 0 Å². The number of benzene rings is 1. The lowest BCUT2D eigenvalue weighted by Gasteiger charge is -2.34. The molecule has 0 spiro atoms. The van der Waals surface area contributed by atoms with E-state index in [1.807, 2.05) is 49.1 Å². The minimum absolute atomic E-state index is 0.128. The van der Waals surface area contributed by atoms with Crippen LogP contribution in [0.2, 0.25) is 0 Å². The molecule has 1 aromatic carbocycles. The third-order valence-corrected chi connectivity index (χ3v) is 5.76. The summed E-state index contributed by atoms with van der Waals surface area (Å²) in [6.07, 6.45) is 3.88. The van der Waals surface area contributed by atoms with Crippen LogP contribution in [0.25, 0.3) is 0 Å². The van der Waals surface area contributed by atoms with E-state index in [4.69, 9.17) is 0 Å². The molecule has 2 atom stereocenters. The molecule has 27 heavy (non-hydrogen) atoms. The van der Waals surface area contributed by atoms with Crippen molar-refractivity contribution in [1.29, 1.82) is 0 Å². The number of urea groups is 1. The first-order valence-electron chi connectivity index (χ1n) is 9.87. The van der Waals surface area contributed by atoms with Gasteiger partial charge in [0.05, 0.1) is 6.67 Å². The summed E-state index contributed by atoms with van der Waals surface area (Å²) in [5.74, 6) is -1.12. The van der Waals surface area contributed by atoms with E-state index in [1.165, 1.54) is 4.90 Å². The number of amides is 4. The largest absolute Gasteiger partial charge is 0.335 e. The Bertz CT molecular complexity index is 704. The summed E-state index contributed by atoms with van der Waals surface area (Å²) in [7, 11) is 0. The molecule has 0 aromatic heterocycles. The Kier molecular flexibility index (Phi) is 5.95. The Balaban J connectivity index is 1.75. The van der Waals surface area contributed by atoms with Crippen LogP contribution < -0.4 is 0 Å². The highest BCUT2D eigenvalue weighted by Crippen LogP contribution is 2.31. The zero-order chi connectivity index (χ0) is 19.6. The number of imide groups is 2. The summed E-state index contributed by atoms with van der Waals surface area (Å²) in [6.45, 7) is 6.86. The van der Waals surface area contributed by atoms with E-state index < -0.39 is 17.8 Å². The zero-order valence-electron chi connectivity index (χ0n) is 16.4. The second-order valence-electron chi connectivity index (χ2n) is 7.99. The quantitative estimate of drug-likeness (QED) is 0.569. The highest BCUT2D eigenvalue weighted by molar-refractivity contribution is 6.44. The second-order valence-corrected chi connectivity index (χ2v) is 7.99. The van der Waals surface area contributed by atoms with Crippen molar-refractivity contribution < 1.29 is 14.4 Å².